The highest BCUT2D eigenvalue weighted by Gasteiger charge is 2.43. The summed E-state index contributed by atoms with van der Waals surface area (Å²) in [4.78, 5) is 28.0. The first-order chi connectivity index (χ1) is 13.8. The molecule has 0 spiro atoms. The van der Waals surface area contributed by atoms with Gasteiger partial charge in [0.15, 0.2) is 0 Å². The van der Waals surface area contributed by atoms with Crippen LogP contribution in [0.2, 0.25) is 0 Å². The van der Waals surface area contributed by atoms with Crippen molar-refractivity contribution in [2.45, 2.75) is 12.5 Å². The van der Waals surface area contributed by atoms with Gasteiger partial charge in [0.1, 0.15) is 11.6 Å². The fraction of sp³-hybridized carbons (Fsp3) is 0.273. The highest BCUT2D eigenvalue weighted by molar-refractivity contribution is 6.46. The Morgan fingerprint density at radius 2 is 1.55 bits per heavy atom. The van der Waals surface area contributed by atoms with E-state index in [2.05, 4.69) is 0 Å². The molecule has 0 aromatic heterocycles. The predicted octanol–water partition coefficient (Wildman–Crippen LogP) is 0.723. The number of amides is 1. The molecule has 1 N–H and O–H groups in total. The van der Waals surface area contributed by atoms with Crippen LogP contribution in [0.4, 0.5) is 8.78 Å². The van der Waals surface area contributed by atoms with E-state index in [1.54, 1.807) is 0 Å². The van der Waals surface area contributed by atoms with Crippen LogP contribution in [-0.4, -0.2) is 43.8 Å². The van der Waals surface area contributed by atoms with Crippen molar-refractivity contribution in [1.29, 1.82) is 0 Å². The smallest absolute Gasteiger partial charge is 0.295 e. The molecular formula is C22H22F2N2O3. The van der Waals surface area contributed by atoms with Crippen LogP contribution in [0.25, 0.3) is 5.76 Å². The molecule has 1 saturated heterocycles. The minimum atomic E-state index is -0.898. The average Bonchev–Trinajstić information content (AvgIpc) is 2.93. The van der Waals surface area contributed by atoms with Crippen molar-refractivity contribution in [1.82, 2.24) is 4.90 Å². The Morgan fingerprint density at radius 1 is 1.00 bits per heavy atom. The van der Waals surface area contributed by atoms with Crippen molar-refractivity contribution in [3.05, 3.63) is 76.9 Å². The lowest BCUT2D eigenvalue weighted by atomic mass is 9.95. The van der Waals surface area contributed by atoms with E-state index >= 15 is 0 Å². The van der Waals surface area contributed by atoms with Crippen molar-refractivity contribution in [3.63, 3.8) is 0 Å². The number of carbonyl (C=O) groups is 2. The molecule has 5 nitrogen and oxygen atoms in total. The van der Waals surface area contributed by atoms with Crippen LogP contribution in [0.1, 0.15) is 23.6 Å². The van der Waals surface area contributed by atoms with Crippen LogP contribution in [-0.2, 0) is 9.59 Å². The van der Waals surface area contributed by atoms with E-state index in [0.717, 1.165) is 18.7 Å². The summed E-state index contributed by atoms with van der Waals surface area (Å²) >= 11 is 0. The van der Waals surface area contributed by atoms with Crippen LogP contribution in [0, 0.1) is 11.6 Å². The van der Waals surface area contributed by atoms with Crippen molar-refractivity contribution < 1.29 is 28.4 Å². The molecule has 1 heterocycles. The number of likely N-dealkylation sites (tertiary alicyclic amines) is 1. The van der Waals surface area contributed by atoms with Gasteiger partial charge < -0.3 is 14.9 Å². The average molecular weight is 400 g/mol. The van der Waals surface area contributed by atoms with Gasteiger partial charge >= 0.3 is 0 Å². The van der Waals surface area contributed by atoms with Crippen LogP contribution < -0.4 is 10.0 Å². The molecule has 0 radical (unpaired) electrons. The van der Waals surface area contributed by atoms with Gasteiger partial charge in [-0.1, -0.05) is 30.0 Å². The van der Waals surface area contributed by atoms with E-state index < -0.39 is 35.1 Å². The second-order valence-corrected chi connectivity index (χ2v) is 7.34. The Hall–Kier alpha value is -3.06. The van der Waals surface area contributed by atoms with E-state index in [0.29, 0.717) is 12.0 Å². The number of Topliss-reactive ketones (excluding diaryl/α,β-unsaturated/α-hetero) is 1. The molecule has 0 saturated carbocycles. The maximum absolute atomic E-state index is 13.4. The summed E-state index contributed by atoms with van der Waals surface area (Å²) in [6.07, 6.45) is 0.636. The van der Waals surface area contributed by atoms with Crippen molar-refractivity contribution in [2.75, 3.05) is 27.2 Å². The summed E-state index contributed by atoms with van der Waals surface area (Å²) < 4.78 is 26.6. The summed E-state index contributed by atoms with van der Waals surface area (Å²) in [5.41, 5.74) is 0.410. The molecule has 29 heavy (non-hydrogen) atoms. The van der Waals surface area contributed by atoms with Crippen LogP contribution in [0.15, 0.2) is 54.1 Å². The van der Waals surface area contributed by atoms with Gasteiger partial charge in [-0.25, -0.2) is 8.78 Å². The number of nitrogens with zero attached hydrogens (tertiary/aromatic N) is 1. The first-order valence-electron chi connectivity index (χ1n) is 9.36. The highest BCUT2D eigenvalue weighted by Crippen LogP contribution is 2.38. The Bertz CT molecular complexity index is 938. The minimum Gasteiger partial charge on any atom is -0.872 e. The zero-order chi connectivity index (χ0) is 21.1. The summed E-state index contributed by atoms with van der Waals surface area (Å²) in [6, 6.07) is 9.30. The van der Waals surface area contributed by atoms with Gasteiger partial charge in [0.05, 0.1) is 26.7 Å². The summed E-state index contributed by atoms with van der Waals surface area (Å²) in [6.45, 7) is 1.06. The molecule has 0 aliphatic carbocycles. The van der Waals surface area contributed by atoms with E-state index in [1.807, 2.05) is 14.1 Å². The van der Waals surface area contributed by atoms with Crippen LogP contribution in [0.3, 0.4) is 0 Å². The SMILES string of the molecule is C[NH+](C)CCCN1C(=O)C(=O)C(=C([O-])c2ccc(F)cc2)C1c1ccc(F)cc1. The molecule has 1 amide bonds. The Kier molecular flexibility index (Phi) is 6.08. The molecule has 2 aromatic rings. The van der Waals surface area contributed by atoms with Gasteiger partial charge in [-0.15, -0.1) is 0 Å². The molecule has 0 bridgehead atoms. The van der Waals surface area contributed by atoms with Gasteiger partial charge in [0, 0.05) is 18.5 Å². The second kappa shape index (κ2) is 8.53. The first kappa shape index (κ1) is 20.7. The molecule has 1 unspecified atom stereocenters. The second-order valence-electron chi connectivity index (χ2n) is 7.34. The summed E-state index contributed by atoms with van der Waals surface area (Å²) in [5.74, 6) is -3.22. The van der Waals surface area contributed by atoms with Gasteiger partial charge in [-0.05, 0) is 35.4 Å². The lowest BCUT2D eigenvalue weighted by Gasteiger charge is -2.27. The largest absolute Gasteiger partial charge is 0.872 e. The third-order valence-corrected chi connectivity index (χ3v) is 4.90. The van der Waals surface area contributed by atoms with Gasteiger partial charge in [-0.3, -0.25) is 9.59 Å². The fourth-order valence-electron chi connectivity index (χ4n) is 3.45. The highest BCUT2D eigenvalue weighted by atomic mass is 19.1. The van der Waals surface area contributed by atoms with E-state index in [4.69, 9.17) is 0 Å². The van der Waals surface area contributed by atoms with Crippen molar-refractivity contribution in [2.24, 2.45) is 0 Å². The quantitative estimate of drug-likeness (QED) is 0.442. The number of rotatable bonds is 6. The standard InChI is InChI=1S/C22H22F2N2O3/c1-25(2)12-3-13-26-19(14-4-8-16(23)9-5-14)18(21(28)22(26)29)20(27)15-6-10-17(24)11-7-15/h4-11,19,27H,3,12-13H2,1-2H3. The van der Waals surface area contributed by atoms with Crippen molar-refractivity contribution in [3.8, 4) is 0 Å². The zero-order valence-corrected chi connectivity index (χ0v) is 16.2. The van der Waals surface area contributed by atoms with Gasteiger partial charge in [0.25, 0.3) is 5.91 Å². The third-order valence-electron chi connectivity index (χ3n) is 4.90. The maximum atomic E-state index is 13.4. The first-order valence-corrected chi connectivity index (χ1v) is 9.36. The van der Waals surface area contributed by atoms with E-state index in [9.17, 15) is 23.5 Å². The third kappa shape index (κ3) is 4.35. The van der Waals surface area contributed by atoms with Crippen LogP contribution in [0.5, 0.6) is 0 Å². The summed E-state index contributed by atoms with van der Waals surface area (Å²) in [7, 11) is 3.95. The number of hydrogen-bond donors (Lipinski definition) is 1. The number of halogens is 2. The number of benzene rings is 2. The number of nitrogens with one attached hydrogen (secondary N) is 1. The molecule has 2 aromatic carbocycles. The Balaban J connectivity index is 2.07. The van der Waals surface area contributed by atoms with E-state index in [1.165, 1.54) is 46.2 Å². The molecule has 152 valence electrons. The fourth-order valence-corrected chi connectivity index (χ4v) is 3.45. The molecule has 1 aliphatic rings. The molecule has 7 heteroatoms. The van der Waals surface area contributed by atoms with Gasteiger partial charge in [0.2, 0.25) is 5.78 Å². The number of carbonyl (C=O) groups excluding carboxylic acids is 2. The minimum absolute atomic E-state index is 0.120. The van der Waals surface area contributed by atoms with E-state index in [-0.39, 0.29) is 17.7 Å². The molecular weight excluding hydrogens is 378 g/mol. The monoisotopic (exact) mass is 400 g/mol. The van der Waals surface area contributed by atoms with Crippen molar-refractivity contribution >= 4 is 17.4 Å². The molecule has 1 atom stereocenters. The van der Waals surface area contributed by atoms with Gasteiger partial charge in [-0.2, -0.15) is 0 Å². The lowest BCUT2D eigenvalue weighted by molar-refractivity contribution is -0.858. The molecule has 1 aliphatic heterocycles. The lowest BCUT2D eigenvalue weighted by Crippen LogP contribution is -3.05. The summed E-state index contributed by atoms with van der Waals surface area (Å²) in [5, 5.41) is 13.1. The maximum Gasteiger partial charge on any atom is 0.295 e. The normalized spacial score (nSPS) is 18.7. The number of quaternary nitrogens is 1. The molecule has 1 fully saturated rings. The Morgan fingerprint density at radius 3 is 2.10 bits per heavy atom. The number of hydrogen-bond acceptors (Lipinski definition) is 3. The van der Waals surface area contributed by atoms with Crippen LogP contribution >= 0.6 is 0 Å². The Labute approximate surface area is 167 Å². The molecule has 3 rings (SSSR count). The number of ketones is 1. The zero-order valence-electron chi connectivity index (χ0n) is 16.2. The predicted molar refractivity (Wildman–Crippen MR) is 101 cm³/mol. The topological polar surface area (TPSA) is 64.9 Å².